The zero-order chi connectivity index (χ0) is 29.5. The number of aromatic amines is 1. The largest absolute Gasteiger partial charge is 0.376 e. The zero-order valence-corrected chi connectivity index (χ0v) is 24.4. The van der Waals surface area contributed by atoms with Crippen LogP contribution in [0.2, 0.25) is 0 Å². The molecule has 0 aliphatic carbocycles. The van der Waals surface area contributed by atoms with Gasteiger partial charge in [0.05, 0.1) is 46.8 Å². The summed E-state index contributed by atoms with van der Waals surface area (Å²) in [4.78, 5) is 21.4. The number of benzene rings is 1. The first kappa shape index (κ1) is 26.4. The third kappa shape index (κ3) is 4.58. The Hall–Kier alpha value is -4.22. The number of fused-ring (bicyclic) bond motifs is 3. The van der Waals surface area contributed by atoms with Crippen molar-refractivity contribution in [2.45, 2.75) is 31.9 Å². The standard InChI is InChI=1S/C32H28F3N7S/c1-17-9-18(13-42-7-5-32(34,35)16-42)11-20(10-17)27-26(33)24-23(12-37-27)41(2)14-22-29(38-22)25(24)31-39-21-3-6-36-28(30(21)40-31)19-4-8-43-15-19/h3-4,6,8-12,15,22,38H,5,7,13-14,16H2,1-2H3,(H,39,40). The average Bonchev–Trinajstić information content (AvgIpc) is 3.30. The number of aryl methyl sites for hydroxylation is 1. The van der Waals surface area contributed by atoms with Gasteiger partial charge < -0.3 is 15.2 Å². The van der Waals surface area contributed by atoms with Crippen LogP contribution in [0.3, 0.4) is 0 Å². The predicted molar refractivity (Wildman–Crippen MR) is 163 cm³/mol. The fourth-order valence-corrected chi connectivity index (χ4v) is 7.08. The van der Waals surface area contributed by atoms with E-state index < -0.39 is 11.7 Å². The van der Waals surface area contributed by atoms with Gasteiger partial charge in [-0.1, -0.05) is 11.6 Å². The van der Waals surface area contributed by atoms with Crippen molar-refractivity contribution in [1.29, 1.82) is 0 Å². The first-order chi connectivity index (χ1) is 20.7. The van der Waals surface area contributed by atoms with E-state index in [2.05, 4.69) is 20.3 Å². The molecule has 2 fully saturated rings. The molecule has 0 amide bonds. The lowest BCUT2D eigenvalue weighted by atomic mass is 9.97. The molecule has 0 saturated carbocycles. The van der Waals surface area contributed by atoms with Crippen molar-refractivity contribution in [3.8, 4) is 22.5 Å². The van der Waals surface area contributed by atoms with Gasteiger partial charge in [0.2, 0.25) is 0 Å². The predicted octanol–water partition coefficient (Wildman–Crippen LogP) is 6.22. The van der Waals surface area contributed by atoms with E-state index >= 15 is 4.39 Å². The van der Waals surface area contributed by atoms with Crippen LogP contribution in [0.15, 0.2) is 59.2 Å². The van der Waals surface area contributed by atoms with Gasteiger partial charge in [-0.3, -0.25) is 14.9 Å². The summed E-state index contributed by atoms with van der Waals surface area (Å²) in [5, 5.41) is 7.48. The SMILES string of the molecule is Cc1cc(CN2CCC(F)(F)C2)cc(-c2ncc3c(c2F)C(c2nc4c(-c5ccsc5)nccc4[nH]2)=C2NC2CN3C)c1. The molecule has 43 heavy (non-hydrogen) atoms. The number of nitrogens with zero attached hydrogens (tertiary/aromatic N) is 5. The highest BCUT2D eigenvalue weighted by atomic mass is 32.1. The molecular weight excluding hydrogens is 571 g/mol. The summed E-state index contributed by atoms with van der Waals surface area (Å²) in [7, 11) is 1.94. The molecule has 4 aromatic heterocycles. The minimum absolute atomic E-state index is 0.0714. The molecule has 218 valence electrons. The fourth-order valence-electron chi connectivity index (χ4n) is 6.44. The van der Waals surface area contributed by atoms with E-state index in [-0.39, 0.29) is 24.7 Å². The molecule has 1 atom stereocenters. The van der Waals surface area contributed by atoms with Gasteiger partial charge in [0.15, 0.2) is 5.82 Å². The molecule has 2 saturated heterocycles. The summed E-state index contributed by atoms with van der Waals surface area (Å²) in [5.41, 5.74) is 8.65. The Morgan fingerprint density at radius 2 is 2.00 bits per heavy atom. The van der Waals surface area contributed by atoms with Crippen LogP contribution in [-0.2, 0) is 6.54 Å². The highest BCUT2D eigenvalue weighted by Crippen LogP contribution is 2.44. The average molecular weight is 600 g/mol. The quantitative estimate of drug-likeness (QED) is 0.234. The highest BCUT2D eigenvalue weighted by molar-refractivity contribution is 7.08. The summed E-state index contributed by atoms with van der Waals surface area (Å²) in [5.74, 6) is -2.54. The molecule has 0 bridgehead atoms. The number of likely N-dealkylation sites (N-methyl/N-ethyl adjacent to an activating group) is 1. The lowest BCUT2D eigenvalue weighted by Gasteiger charge is -2.22. The van der Waals surface area contributed by atoms with Crippen molar-refractivity contribution in [3.63, 3.8) is 0 Å². The van der Waals surface area contributed by atoms with Crippen LogP contribution >= 0.6 is 11.3 Å². The van der Waals surface area contributed by atoms with Gasteiger partial charge in [-0.15, -0.1) is 0 Å². The molecule has 7 heterocycles. The van der Waals surface area contributed by atoms with Gasteiger partial charge in [-0.2, -0.15) is 11.3 Å². The maximum Gasteiger partial charge on any atom is 0.261 e. The van der Waals surface area contributed by atoms with Crippen LogP contribution in [-0.4, -0.2) is 63.5 Å². The fraction of sp³-hybridized carbons (Fsp3) is 0.281. The number of nitrogens with one attached hydrogen (secondary N) is 2. The molecule has 1 aromatic carbocycles. The van der Waals surface area contributed by atoms with Crippen molar-refractivity contribution in [2.75, 3.05) is 31.6 Å². The third-order valence-corrected chi connectivity index (χ3v) is 9.16. The number of aromatic nitrogens is 4. The van der Waals surface area contributed by atoms with Gasteiger partial charge in [0, 0.05) is 61.5 Å². The minimum atomic E-state index is -2.67. The summed E-state index contributed by atoms with van der Waals surface area (Å²) < 4.78 is 44.6. The van der Waals surface area contributed by atoms with Crippen molar-refractivity contribution >= 4 is 33.6 Å². The molecule has 3 aliphatic heterocycles. The summed E-state index contributed by atoms with van der Waals surface area (Å²) >= 11 is 1.60. The van der Waals surface area contributed by atoms with Gasteiger partial charge >= 0.3 is 0 Å². The van der Waals surface area contributed by atoms with E-state index in [9.17, 15) is 8.78 Å². The normalized spacial score (nSPS) is 19.4. The van der Waals surface area contributed by atoms with Crippen molar-refractivity contribution in [2.24, 2.45) is 0 Å². The Bertz CT molecular complexity index is 1930. The third-order valence-electron chi connectivity index (χ3n) is 8.48. The number of anilines is 1. The van der Waals surface area contributed by atoms with E-state index in [1.807, 2.05) is 60.0 Å². The first-order valence-electron chi connectivity index (χ1n) is 14.2. The summed E-state index contributed by atoms with van der Waals surface area (Å²) in [6, 6.07) is 9.70. The molecule has 11 heteroatoms. The molecule has 3 aliphatic rings. The first-order valence-corrected chi connectivity index (χ1v) is 15.2. The summed E-state index contributed by atoms with van der Waals surface area (Å²) in [6.07, 6.45) is 3.34. The second-order valence-electron chi connectivity index (χ2n) is 11.7. The molecule has 8 rings (SSSR count). The van der Waals surface area contributed by atoms with Gasteiger partial charge in [0.25, 0.3) is 5.92 Å². The van der Waals surface area contributed by atoms with E-state index in [0.717, 1.165) is 39.1 Å². The number of pyridine rings is 2. The Morgan fingerprint density at radius 1 is 1.12 bits per heavy atom. The lowest BCUT2D eigenvalue weighted by Crippen LogP contribution is -2.25. The maximum atomic E-state index is 16.9. The van der Waals surface area contributed by atoms with Crippen molar-refractivity contribution in [3.05, 3.63) is 87.5 Å². The Morgan fingerprint density at radius 3 is 2.79 bits per heavy atom. The number of hydrogen-bond acceptors (Lipinski definition) is 7. The molecular formula is C32H28F3N7S. The number of halogens is 3. The van der Waals surface area contributed by atoms with Crippen LogP contribution < -0.4 is 10.2 Å². The molecule has 2 N–H and O–H groups in total. The van der Waals surface area contributed by atoms with E-state index in [1.165, 1.54) is 0 Å². The summed E-state index contributed by atoms with van der Waals surface area (Å²) in [6.45, 7) is 3.05. The molecule has 7 nitrogen and oxygen atoms in total. The minimum Gasteiger partial charge on any atom is -0.376 e. The second kappa shape index (κ2) is 9.65. The van der Waals surface area contributed by atoms with Crippen LogP contribution in [0, 0.1) is 12.7 Å². The van der Waals surface area contributed by atoms with Crippen molar-refractivity contribution < 1.29 is 13.2 Å². The number of thiophene rings is 1. The van der Waals surface area contributed by atoms with Crippen LogP contribution in [0.25, 0.3) is 39.1 Å². The van der Waals surface area contributed by atoms with E-state index in [4.69, 9.17) is 4.98 Å². The lowest BCUT2D eigenvalue weighted by molar-refractivity contribution is 0.0115. The molecule has 1 unspecified atom stereocenters. The monoisotopic (exact) mass is 599 g/mol. The van der Waals surface area contributed by atoms with Crippen LogP contribution in [0.5, 0.6) is 0 Å². The van der Waals surface area contributed by atoms with E-state index in [1.54, 1.807) is 28.6 Å². The second-order valence-corrected chi connectivity index (χ2v) is 12.5. The molecule has 0 spiro atoms. The van der Waals surface area contributed by atoms with Gasteiger partial charge in [0.1, 0.15) is 17.0 Å². The highest BCUT2D eigenvalue weighted by Gasteiger charge is 2.41. The number of H-pyrrole nitrogens is 1. The number of hydrogen-bond donors (Lipinski definition) is 2. The van der Waals surface area contributed by atoms with E-state index in [0.29, 0.717) is 47.8 Å². The van der Waals surface area contributed by atoms with Crippen LogP contribution in [0.4, 0.5) is 18.9 Å². The number of alkyl halides is 2. The zero-order valence-electron chi connectivity index (χ0n) is 23.6. The Balaban J connectivity index is 1.25. The van der Waals surface area contributed by atoms with Crippen molar-refractivity contribution in [1.82, 2.24) is 30.2 Å². The van der Waals surface area contributed by atoms with Crippen LogP contribution in [0.1, 0.15) is 28.9 Å². The molecule has 0 radical (unpaired) electrons. The molecule has 5 aromatic rings. The number of rotatable bonds is 5. The topological polar surface area (TPSA) is 82.9 Å². The van der Waals surface area contributed by atoms with Gasteiger partial charge in [-0.05, 0) is 42.1 Å². The Labute approximate surface area is 250 Å². The Kier molecular flexibility index (Phi) is 5.93. The van der Waals surface area contributed by atoms with Gasteiger partial charge in [-0.25, -0.2) is 18.2 Å². The maximum absolute atomic E-state index is 16.9. The number of likely N-dealkylation sites (tertiary alicyclic amines) is 1. The number of imidazole rings is 1. The smallest absolute Gasteiger partial charge is 0.261 e.